The minimum atomic E-state index is 0.339. The van der Waals surface area contributed by atoms with Gasteiger partial charge < -0.3 is 5.11 Å². The van der Waals surface area contributed by atoms with E-state index in [0.29, 0.717) is 6.61 Å². The first-order chi connectivity index (χ1) is 6.91. The fourth-order valence-corrected chi connectivity index (χ4v) is 1.83. The average Bonchev–Trinajstić information content (AvgIpc) is 2.21. The molecule has 3 heteroatoms. The molecule has 0 saturated heterocycles. The number of rotatable bonds is 10. The second-order valence-corrected chi connectivity index (χ2v) is 4.37. The Balaban J connectivity index is 2.82. The van der Waals surface area contributed by atoms with Gasteiger partial charge in [-0.05, 0) is 24.6 Å². The van der Waals surface area contributed by atoms with Gasteiger partial charge in [0.25, 0.3) is 0 Å². The highest BCUT2D eigenvalue weighted by Crippen LogP contribution is 2.10. The molecule has 0 amide bonds. The first-order valence-corrected chi connectivity index (χ1v) is 6.52. The minimum absolute atomic E-state index is 0.339. The summed E-state index contributed by atoms with van der Waals surface area (Å²) in [6, 6.07) is 0. The van der Waals surface area contributed by atoms with E-state index in [1.165, 1.54) is 56.7 Å². The molecule has 0 aliphatic heterocycles. The largest absolute Gasteiger partial charge is 0.396 e. The first-order valence-electron chi connectivity index (χ1n) is 5.53. The zero-order chi connectivity index (χ0) is 10.5. The summed E-state index contributed by atoms with van der Waals surface area (Å²) < 4.78 is 0. The van der Waals surface area contributed by atoms with Gasteiger partial charge >= 0.3 is 0 Å². The molecule has 0 spiro atoms. The van der Waals surface area contributed by atoms with Crippen molar-refractivity contribution >= 4 is 11.8 Å². The monoisotopic (exact) mass is 215 g/mol. The van der Waals surface area contributed by atoms with Crippen molar-refractivity contribution in [3.05, 3.63) is 0 Å². The number of thioether (sulfide) groups is 1. The smallest absolute Gasteiger partial charge is 0.133 e. The van der Waals surface area contributed by atoms with Crippen LogP contribution in [0.5, 0.6) is 0 Å². The molecule has 0 fully saturated rings. The van der Waals surface area contributed by atoms with Gasteiger partial charge in [-0.25, -0.2) is 0 Å². The molecular weight excluding hydrogens is 194 g/mol. The SMILES string of the molecule is N#CSCCCCCCCCCCO. The van der Waals surface area contributed by atoms with Gasteiger partial charge in [-0.2, -0.15) is 5.26 Å². The minimum Gasteiger partial charge on any atom is -0.396 e. The molecule has 0 aliphatic rings. The Hall–Kier alpha value is -0.200. The molecule has 0 heterocycles. The molecule has 1 N–H and O–H groups in total. The van der Waals surface area contributed by atoms with Gasteiger partial charge in [0.1, 0.15) is 5.40 Å². The molecule has 0 bridgehead atoms. The number of nitrogens with zero attached hydrogens (tertiary/aromatic N) is 1. The highest BCUT2D eigenvalue weighted by molar-refractivity contribution is 8.03. The van der Waals surface area contributed by atoms with Crippen LogP contribution in [0.3, 0.4) is 0 Å². The maximum Gasteiger partial charge on any atom is 0.133 e. The molecule has 0 atom stereocenters. The summed E-state index contributed by atoms with van der Waals surface area (Å²) in [5, 5.41) is 18.9. The zero-order valence-corrected chi connectivity index (χ0v) is 9.69. The van der Waals surface area contributed by atoms with Crippen LogP contribution >= 0.6 is 11.8 Å². The Kier molecular flexibility index (Phi) is 12.6. The number of aliphatic hydroxyl groups is 1. The third kappa shape index (κ3) is 11.8. The Morgan fingerprint density at radius 3 is 1.86 bits per heavy atom. The zero-order valence-electron chi connectivity index (χ0n) is 8.87. The average molecular weight is 215 g/mol. The van der Waals surface area contributed by atoms with Gasteiger partial charge in [0.15, 0.2) is 0 Å². The molecule has 0 radical (unpaired) electrons. The fourth-order valence-electron chi connectivity index (χ4n) is 1.39. The summed E-state index contributed by atoms with van der Waals surface area (Å²) >= 11 is 1.36. The lowest BCUT2D eigenvalue weighted by molar-refractivity contribution is 0.282. The van der Waals surface area contributed by atoms with Crippen LogP contribution in [0.25, 0.3) is 0 Å². The van der Waals surface area contributed by atoms with Gasteiger partial charge in [0.2, 0.25) is 0 Å². The fraction of sp³-hybridized carbons (Fsp3) is 0.909. The Morgan fingerprint density at radius 1 is 0.857 bits per heavy atom. The van der Waals surface area contributed by atoms with Crippen molar-refractivity contribution in [3.8, 4) is 5.40 Å². The molecule has 0 unspecified atom stereocenters. The number of nitriles is 1. The van der Waals surface area contributed by atoms with E-state index in [1.54, 1.807) is 0 Å². The molecule has 0 aromatic carbocycles. The van der Waals surface area contributed by atoms with E-state index in [9.17, 15) is 0 Å². The van der Waals surface area contributed by atoms with Crippen LogP contribution in [0.1, 0.15) is 51.4 Å². The van der Waals surface area contributed by atoms with E-state index < -0.39 is 0 Å². The van der Waals surface area contributed by atoms with Crippen molar-refractivity contribution in [1.29, 1.82) is 5.26 Å². The standard InChI is InChI=1S/C11H21NOS/c12-11-14-10-8-6-4-2-1-3-5-7-9-13/h13H,1-10H2. The second kappa shape index (κ2) is 12.8. The summed E-state index contributed by atoms with van der Waals surface area (Å²) in [6.45, 7) is 0.339. The second-order valence-electron chi connectivity index (χ2n) is 3.49. The molecule has 0 rings (SSSR count). The highest BCUT2D eigenvalue weighted by Gasteiger charge is 1.92. The quantitative estimate of drug-likeness (QED) is 0.449. The van der Waals surface area contributed by atoms with Crippen LogP contribution in [0.4, 0.5) is 0 Å². The van der Waals surface area contributed by atoms with Crippen molar-refractivity contribution in [1.82, 2.24) is 0 Å². The topological polar surface area (TPSA) is 44.0 Å². The number of hydrogen-bond donors (Lipinski definition) is 1. The van der Waals surface area contributed by atoms with Gasteiger partial charge in [0, 0.05) is 12.4 Å². The highest BCUT2D eigenvalue weighted by atomic mass is 32.2. The predicted molar refractivity (Wildman–Crippen MR) is 62.1 cm³/mol. The van der Waals surface area contributed by atoms with E-state index in [1.807, 2.05) is 0 Å². The lowest BCUT2D eigenvalue weighted by atomic mass is 10.1. The van der Waals surface area contributed by atoms with Crippen LogP contribution in [0, 0.1) is 10.7 Å². The van der Waals surface area contributed by atoms with Crippen molar-refractivity contribution in [2.24, 2.45) is 0 Å². The third-order valence-corrected chi connectivity index (χ3v) is 2.84. The molecular formula is C11H21NOS. The van der Waals surface area contributed by atoms with Crippen molar-refractivity contribution in [3.63, 3.8) is 0 Å². The van der Waals surface area contributed by atoms with Crippen LogP contribution in [0.2, 0.25) is 0 Å². The molecule has 0 aliphatic carbocycles. The molecule has 14 heavy (non-hydrogen) atoms. The number of aliphatic hydroxyl groups excluding tert-OH is 1. The summed E-state index contributed by atoms with van der Waals surface area (Å²) in [6.07, 6.45) is 9.72. The van der Waals surface area contributed by atoms with E-state index in [2.05, 4.69) is 5.40 Å². The maximum absolute atomic E-state index is 8.56. The lowest BCUT2D eigenvalue weighted by Gasteiger charge is -2.00. The van der Waals surface area contributed by atoms with Crippen LogP contribution in [-0.2, 0) is 0 Å². The summed E-state index contributed by atoms with van der Waals surface area (Å²) in [7, 11) is 0. The lowest BCUT2D eigenvalue weighted by Crippen LogP contribution is -1.84. The van der Waals surface area contributed by atoms with E-state index in [-0.39, 0.29) is 0 Å². The third-order valence-electron chi connectivity index (χ3n) is 2.22. The van der Waals surface area contributed by atoms with Crippen molar-refractivity contribution in [2.75, 3.05) is 12.4 Å². The molecule has 2 nitrogen and oxygen atoms in total. The normalized spacial score (nSPS) is 10.0. The number of hydrogen-bond acceptors (Lipinski definition) is 3. The Labute approximate surface area is 91.7 Å². The van der Waals surface area contributed by atoms with Crippen LogP contribution in [0.15, 0.2) is 0 Å². The summed E-state index contributed by atoms with van der Waals surface area (Å²) in [5.74, 6) is 0.987. The van der Waals surface area contributed by atoms with Crippen molar-refractivity contribution in [2.45, 2.75) is 51.4 Å². The number of unbranched alkanes of at least 4 members (excludes halogenated alkanes) is 7. The summed E-state index contributed by atoms with van der Waals surface area (Å²) in [4.78, 5) is 0. The predicted octanol–water partition coefficient (Wildman–Crippen LogP) is 3.31. The van der Waals surface area contributed by atoms with Gasteiger partial charge in [-0.1, -0.05) is 38.5 Å². The van der Waals surface area contributed by atoms with E-state index in [4.69, 9.17) is 10.4 Å². The van der Waals surface area contributed by atoms with Crippen molar-refractivity contribution < 1.29 is 5.11 Å². The Bertz CT molecular complexity index is 145. The van der Waals surface area contributed by atoms with Gasteiger partial charge in [-0.15, -0.1) is 0 Å². The summed E-state index contributed by atoms with van der Waals surface area (Å²) in [5.41, 5.74) is 0. The molecule has 0 saturated carbocycles. The molecule has 0 aromatic rings. The maximum atomic E-state index is 8.56. The van der Waals surface area contributed by atoms with E-state index >= 15 is 0 Å². The van der Waals surface area contributed by atoms with Crippen LogP contribution < -0.4 is 0 Å². The number of thiocyanates is 1. The van der Waals surface area contributed by atoms with E-state index in [0.717, 1.165) is 12.2 Å². The first kappa shape index (κ1) is 13.8. The van der Waals surface area contributed by atoms with Gasteiger partial charge in [-0.3, -0.25) is 0 Å². The van der Waals surface area contributed by atoms with Gasteiger partial charge in [0.05, 0.1) is 0 Å². The molecule has 0 aromatic heterocycles. The van der Waals surface area contributed by atoms with Crippen LogP contribution in [-0.4, -0.2) is 17.5 Å². The Morgan fingerprint density at radius 2 is 1.36 bits per heavy atom. The molecule has 82 valence electrons.